The topological polar surface area (TPSA) is 69.2 Å². The van der Waals surface area contributed by atoms with Gasteiger partial charge in [0.25, 0.3) is 0 Å². The van der Waals surface area contributed by atoms with Crippen molar-refractivity contribution in [2.45, 2.75) is 0 Å². The van der Waals surface area contributed by atoms with Gasteiger partial charge < -0.3 is 14.8 Å². The molecule has 6 nitrogen and oxygen atoms in total. The third-order valence-corrected chi connectivity index (χ3v) is 4.14. The minimum Gasteiger partial charge on any atom is -0.497 e. The summed E-state index contributed by atoms with van der Waals surface area (Å²) in [4.78, 5) is 13.6. The molecule has 0 aliphatic carbocycles. The number of para-hydroxylation sites is 1. The van der Waals surface area contributed by atoms with Crippen LogP contribution in [0.3, 0.4) is 0 Å². The number of anilines is 2. The van der Waals surface area contributed by atoms with E-state index in [0.29, 0.717) is 23.1 Å². The molecular weight excluding hydrogens is 340 g/mol. The summed E-state index contributed by atoms with van der Waals surface area (Å²) >= 11 is 0. The van der Waals surface area contributed by atoms with Crippen molar-refractivity contribution in [2.75, 3.05) is 19.5 Å². The molecule has 0 aliphatic heterocycles. The van der Waals surface area contributed by atoms with Gasteiger partial charge in [0.2, 0.25) is 0 Å². The fourth-order valence-electron chi connectivity index (χ4n) is 2.81. The molecule has 0 amide bonds. The lowest BCUT2D eigenvalue weighted by Crippen LogP contribution is -2.00. The van der Waals surface area contributed by atoms with Crippen molar-refractivity contribution < 1.29 is 9.47 Å². The first-order chi connectivity index (χ1) is 13.3. The molecule has 0 bridgehead atoms. The van der Waals surface area contributed by atoms with Gasteiger partial charge in [-0.3, -0.25) is 4.98 Å². The van der Waals surface area contributed by atoms with Crippen LogP contribution in [0.2, 0.25) is 0 Å². The Bertz CT molecular complexity index is 1060. The van der Waals surface area contributed by atoms with E-state index in [2.05, 4.69) is 15.3 Å². The van der Waals surface area contributed by atoms with E-state index in [1.807, 2.05) is 54.6 Å². The molecule has 4 rings (SSSR count). The summed E-state index contributed by atoms with van der Waals surface area (Å²) in [6.45, 7) is 0. The number of methoxy groups -OCH3 is 2. The largest absolute Gasteiger partial charge is 0.497 e. The fourth-order valence-corrected chi connectivity index (χ4v) is 2.81. The van der Waals surface area contributed by atoms with Crippen molar-refractivity contribution >= 4 is 22.4 Å². The van der Waals surface area contributed by atoms with Crippen molar-refractivity contribution in [3.63, 3.8) is 0 Å². The lowest BCUT2D eigenvalue weighted by molar-refractivity contribution is 0.395. The minimum atomic E-state index is 0.610. The second kappa shape index (κ2) is 7.29. The highest BCUT2D eigenvalue weighted by atomic mass is 16.5. The van der Waals surface area contributed by atoms with E-state index in [-0.39, 0.29) is 0 Å². The maximum Gasteiger partial charge on any atom is 0.163 e. The summed E-state index contributed by atoms with van der Waals surface area (Å²) in [6, 6.07) is 17.3. The molecule has 2 heterocycles. The second-order valence-corrected chi connectivity index (χ2v) is 5.88. The molecule has 2 aromatic heterocycles. The Balaban J connectivity index is 1.83. The number of hydrogen-bond donors (Lipinski definition) is 1. The summed E-state index contributed by atoms with van der Waals surface area (Å²) in [5, 5.41) is 4.30. The van der Waals surface area contributed by atoms with Gasteiger partial charge in [-0.05, 0) is 24.3 Å². The predicted octanol–water partition coefficient (Wildman–Crippen LogP) is 4.45. The van der Waals surface area contributed by atoms with E-state index < -0.39 is 0 Å². The summed E-state index contributed by atoms with van der Waals surface area (Å²) in [6.07, 6.45) is 3.48. The van der Waals surface area contributed by atoms with Crippen LogP contribution in [0.15, 0.2) is 67.0 Å². The Morgan fingerprint density at radius 2 is 1.63 bits per heavy atom. The van der Waals surface area contributed by atoms with Crippen molar-refractivity contribution in [3.05, 3.63) is 67.0 Å². The Labute approximate surface area is 156 Å². The fraction of sp³-hybridized carbons (Fsp3) is 0.0952. The number of aromatic nitrogens is 3. The number of nitrogens with one attached hydrogen (secondary N) is 1. The smallest absolute Gasteiger partial charge is 0.163 e. The number of ether oxygens (including phenoxy) is 2. The van der Waals surface area contributed by atoms with Gasteiger partial charge in [0.15, 0.2) is 5.82 Å². The van der Waals surface area contributed by atoms with Gasteiger partial charge in [-0.25, -0.2) is 9.97 Å². The summed E-state index contributed by atoms with van der Waals surface area (Å²) in [5.41, 5.74) is 2.52. The Kier molecular flexibility index (Phi) is 4.53. The lowest BCUT2D eigenvalue weighted by atomic mass is 10.2. The first-order valence-electron chi connectivity index (χ1n) is 8.44. The third-order valence-electron chi connectivity index (χ3n) is 4.14. The number of fused-ring (bicyclic) bond motifs is 1. The van der Waals surface area contributed by atoms with Gasteiger partial charge in [0, 0.05) is 47.2 Å². The molecular formula is C21H18N4O2. The normalized spacial score (nSPS) is 10.6. The van der Waals surface area contributed by atoms with Crippen LogP contribution >= 0.6 is 0 Å². The van der Waals surface area contributed by atoms with Crippen molar-refractivity contribution in [1.29, 1.82) is 0 Å². The van der Waals surface area contributed by atoms with Crippen LogP contribution in [0.4, 0.5) is 11.5 Å². The average Bonchev–Trinajstić information content (AvgIpc) is 2.74. The van der Waals surface area contributed by atoms with Crippen LogP contribution in [-0.4, -0.2) is 29.2 Å². The van der Waals surface area contributed by atoms with Gasteiger partial charge >= 0.3 is 0 Å². The van der Waals surface area contributed by atoms with E-state index in [0.717, 1.165) is 22.2 Å². The molecule has 0 radical (unpaired) electrons. The maximum atomic E-state index is 5.35. The van der Waals surface area contributed by atoms with Crippen LogP contribution < -0.4 is 14.8 Å². The van der Waals surface area contributed by atoms with E-state index in [1.165, 1.54) is 0 Å². The number of pyridine rings is 1. The van der Waals surface area contributed by atoms with E-state index >= 15 is 0 Å². The van der Waals surface area contributed by atoms with Crippen LogP contribution in [0.25, 0.3) is 22.3 Å². The molecule has 0 saturated carbocycles. The molecule has 0 unspecified atom stereocenters. The molecule has 0 spiro atoms. The van der Waals surface area contributed by atoms with E-state index in [9.17, 15) is 0 Å². The number of benzene rings is 2. The zero-order valence-corrected chi connectivity index (χ0v) is 15.0. The van der Waals surface area contributed by atoms with Crippen molar-refractivity contribution in [1.82, 2.24) is 15.0 Å². The van der Waals surface area contributed by atoms with Gasteiger partial charge in [-0.15, -0.1) is 0 Å². The highest BCUT2D eigenvalue weighted by Crippen LogP contribution is 2.31. The molecule has 1 N–H and O–H groups in total. The highest BCUT2D eigenvalue weighted by Gasteiger charge is 2.11. The summed E-state index contributed by atoms with van der Waals surface area (Å²) in [7, 11) is 3.25. The van der Waals surface area contributed by atoms with E-state index in [1.54, 1.807) is 26.6 Å². The summed E-state index contributed by atoms with van der Waals surface area (Å²) < 4.78 is 10.7. The Hall–Kier alpha value is -3.67. The van der Waals surface area contributed by atoms with Gasteiger partial charge in [0.05, 0.1) is 19.7 Å². The SMILES string of the molecule is COc1cc(Nc2nc(-c3cccnc3)nc3ccccc23)cc(OC)c1. The molecule has 0 saturated heterocycles. The van der Waals surface area contributed by atoms with Gasteiger partial charge in [-0.2, -0.15) is 0 Å². The molecule has 4 aromatic rings. The van der Waals surface area contributed by atoms with Gasteiger partial charge in [0.1, 0.15) is 17.3 Å². The second-order valence-electron chi connectivity index (χ2n) is 5.88. The lowest BCUT2D eigenvalue weighted by Gasteiger charge is -2.13. The minimum absolute atomic E-state index is 0.610. The number of hydrogen-bond acceptors (Lipinski definition) is 6. The molecule has 2 aromatic carbocycles. The van der Waals surface area contributed by atoms with Crippen LogP contribution in [0.5, 0.6) is 11.5 Å². The van der Waals surface area contributed by atoms with Crippen LogP contribution in [0, 0.1) is 0 Å². The molecule has 6 heteroatoms. The summed E-state index contributed by atoms with van der Waals surface area (Å²) in [5.74, 6) is 2.71. The molecule has 0 atom stereocenters. The van der Waals surface area contributed by atoms with Gasteiger partial charge in [-0.1, -0.05) is 12.1 Å². The van der Waals surface area contributed by atoms with E-state index in [4.69, 9.17) is 14.5 Å². The maximum absolute atomic E-state index is 5.35. The zero-order valence-electron chi connectivity index (χ0n) is 15.0. The van der Waals surface area contributed by atoms with Crippen LogP contribution in [0.1, 0.15) is 0 Å². The predicted molar refractivity (Wildman–Crippen MR) is 106 cm³/mol. The quantitative estimate of drug-likeness (QED) is 0.568. The third kappa shape index (κ3) is 3.50. The number of rotatable bonds is 5. The first-order valence-corrected chi connectivity index (χ1v) is 8.44. The Morgan fingerprint density at radius 1 is 0.852 bits per heavy atom. The van der Waals surface area contributed by atoms with Crippen molar-refractivity contribution in [2.24, 2.45) is 0 Å². The van der Waals surface area contributed by atoms with Crippen molar-refractivity contribution in [3.8, 4) is 22.9 Å². The molecule has 134 valence electrons. The zero-order chi connectivity index (χ0) is 18.6. The highest BCUT2D eigenvalue weighted by molar-refractivity contribution is 5.92. The molecule has 27 heavy (non-hydrogen) atoms. The molecule has 0 fully saturated rings. The standard InChI is InChI=1S/C21H18N4O2/c1-26-16-10-15(11-17(12-16)27-2)23-21-18-7-3-4-8-19(18)24-20(25-21)14-6-5-9-22-13-14/h3-13H,1-2H3,(H,23,24,25). The van der Waals surface area contributed by atoms with Crippen LogP contribution in [-0.2, 0) is 0 Å². The Morgan fingerprint density at radius 3 is 2.33 bits per heavy atom. The average molecular weight is 358 g/mol. The molecule has 0 aliphatic rings. The monoisotopic (exact) mass is 358 g/mol. The number of nitrogens with zero attached hydrogens (tertiary/aromatic N) is 3. The first kappa shape index (κ1) is 16.8.